The number of anilines is 1. The van der Waals surface area contributed by atoms with E-state index in [-0.39, 0.29) is 39.3 Å². The highest BCUT2D eigenvalue weighted by molar-refractivity contribution is 8.00. The van der Waals surface area contributed by atoms with Crippen molar-refractivity contribution in [1.29, 1.82) is 0 Å². The number of hydrogen-bond acceptors (Lipinski definition) is 10. The summed E-state index contributed by atoms with van der Waals surface area (Å²) in [6.45, 7) is 0. The van der Waals surface area contributed by atoms with Gasteiger partial charge in [-0.05, 0) is 29.3 Å². The Balaban J connectivity index is 1.39. The first-order valence-electron chi connectivity index (χ1n) is 12.1. The molecule has 1 aliphatic rings. The number of carbonyl (C=O) groups is 2. The average molecular weight is 589 g/mol. The number of aliphatic hydroxyl groups is 1. The zero-order chi connectivity index (χ0) is 28.7. The van der Waals surface area contributed by atoms with Gasteiger partial charge in [-0.2, -0.15) is 0 Å². The predicted octanol–water partition coefficient (Wildman–Crippen LogP) is 6.41. The van der Waals surface area contributed by atoms with Gasteiger partial charge >= 0.3 is 0 Å². The summed E-state index contributed by atoms with van der Waals surface area (Å²) in [5, 5.41) is 31.4. The van der Waals surface area contributed by atoms with Crippen molar-refractivity contribution in [3.8, 4) is 0 Å². The van der Waals surface area contributed by atoms with Crippen molar-refractivity contribution in [2.24, 2.45) is 0 Å². The van der Waals surface area contributed by atoms with Gasteiger partial charge < -0.3 is 9.52 Å². The third-order valence-electron chi connectivity index (χ3n) is 6.41. The molecule has 3 aromatic carbocycles. The summed E-state index contributed by atoms with van der Waals surface area (Å²) in [7, 11) is 0. The molecule has 1 N–H and O–H groups in total. The second-order valence-corrected chi connectivity index (χ2v) is 11.1. The Morgan fingerprint density at radius 1 is 1.10 bits per heavy atom. The largest absolute Gasteiger partial charge is 0.503 e. The van der Waals surface area contributed by atoms with E-state index >= 15 is 0 Å². The van der Waals surface area contributed by atoms with E-state index in [2.05, 4.69) is 10.2 Å². The number of ketones is 1. The number of para-hydroxylation sites is 1. The van der Waals surface area contributed by atoms with Gasteiger partial charge in [0, 0.05) is 23.3 Å². The van der Waals surface area contributed by atoms with Crippen LogP contribution in [-0.2, 0) is 10.5 Å². The first-order chi connectivity index (χ1) is 19.8. The number of aromatic nitrogens is 2. The number of halogens is 1. The molecule has 0 fully saturated rings. The van der Waals surface area contributed by atoms with Gasteiger partial charge in [0.25, 0.3) is 11.6 Å². The van der Waals surface area contributed by atoms with E-state index < -0.39 is 28.4 Å². The number of aliphatic hydroxyl groups excluding tert-OH is 1. The van der Waals surface area contributed by atoms with Crippen LogP contribution in [0, 0.1) is 15.9 Å². The molecular weight excluding hydrogens is 571 g/mol. The van der Waals surface area contributed by atoms with Crippen molar-refractivity contribution < 1.29 is 28.4 Å². The lowest BCUT2D eigenvalue weighted by Crippen LogP contribution is -2.31. The summed E-state index contributed by atoms with van der Waals surface area (Å²) >= 11 is 2.20. The van der Waals surface area contributed by atoms with Gasteiger partial charge in [-0.1, -0.05) is 71.6 Å². The summed E-state index contributed by atoms with van der Waals surface area (Å²) < 4.78 is 20.2. The zero-order valence-electron chi connectivity index (χ0n) is 20.8. The number of nitro groups is 1. The Bertz CT molecular complexity index is 1850. The molecule has 204 valence electrons. The number of rotatable bonds is 8. The quantitative estimate of drug-likeness (QED) is 0.0716. The molecule has 0 saturated heterocycles. The number of amides is 1. The highest BCUT2D eigenvalue weighted by Crippen LogP contribution is 2.44. The van der Waals surface area contributed by atoms with Crippen molar-refractivity contribution in [3.63, 3.8) is 0 Å². The van der Waals surface area contributed by atoms with Crippen molar-refractivity contribution in [2.75, 3.05) is 4.90 Å². The fourth-order valence-corrected chi connectivity index (χ4v) is 6.35. The van der Waals surface area contributed by atoms with Crippen LogP contribution < -0.4 is 4.90 Å². The maximum absolute atomic E-state index is 14.1. The van der Waals surface area contributed by atoms with E-state index in [1.54, 1.807) is 42.5 Å². The number of thioether (sulfide) groups is 1. The topological polar surface area (TPSA) is 140 Å². The fraction of sp³-hybridized carbons (Fsp3) is 0.0714. The lowest BCUT2D eigenvalue weighted by atomic mass is 9.95. The van der Waals surface area contributed by atoms with Crippen molar-refractivity contribution in [3.05, 3.63) is 123 Å². The molecular formula is C28H17FN4O6S2. The minimum absolute atomic E-state index is 0.0431. The third-order valence-corrected chi connectivity index (χ3v) is 8.51. The Morgan fingerprint density at radius 3 is 2.66 bits per heavy atom. The molecule has 1 unspecified atom stereocenters. The summed E-state index contributed by atoms with van der Waals surface area (Å²) in [5.41, 5.74) is 0.510. The van der Waals surface area contributed by atoms with E-state index in [9.17, 15) is 29.2 Å². The van der Waals surface area contributed by atoms with Gasteiger partial charge in [-0.25, -0.2) is 4.39 Å². The third kappa shape index (κ3) is 4.85. The van der Waals surface area contributed by atoms with Gasteiger partial charge in [-0.3, -0.25) is 24.6 Å². The Kier molecular flexibility index (Phi) is 6.81. The van der Waals surface area contributed by atoms with Crippen molar-refractivity contribution >= 4 is 56.6 Å². The number of nitrogens with zero attached hydrogens (tertiary/aromatic N) is 4. The van der Waals surface area contributed by atoms with Gasteiger partial charge in [0.05, 0.1) is 16.5 Å². The molecule has 5 aromatic rings. The minimum atomic E-state index is -1.26. The number of non-ortho nitro benzene ring substituents is 1. The van der Waals surface area contributed by atoms with Gasteiger partial charge in [-0.15, -0.1) is 10.2 Å². The maximum atomic E-state index is 14.1. The van der Waals surface area contributed by atoms with Crippen LogP contribution in [0.25, 0.3) is 11.0 Å². The molecule has 0 bridgehead atoms. The van der Waals surface area contributed by atoms with Crippen LogP contribution in [-0.4, -0.2) is 31.9 Å². The highest BCUT2D eigenvalue weighted by Gasteiger charge is 2.47. The first-order valence-corrected chi connectivity index (χ1v) is 13.9. The summed E-state index contributed by atoms with van der Waals surface area (Å²) in [5.74, 6) is -2.75. The van der Waals surface area contributed by atoms with E-state index in [0.29, 0.717) is 20.9 Å². The molecule has 41 heavy (non-hydrogen) atoms. The fourth-order valence-electron chi connectivity index (χ4n) is 4.50. The molecule has 6 rings (SSSR count). The van der Waals surface area contributed by atoms with Crippen LogP contribution in [0.4, 0.5) is 15.2 Å². The Hall–Kier alpha value is -4.88. The minimum Gasteiger partial charge on any atom is -0.503 e. The van der Waals surface area contributed by atoms with E-state index in [0.717, 1.165) is 16.2 Å². The number of nitro benzene ring substituents is 1. The maximum Gasteiger partial charge on any atom is 0.296 e. The molecule has 0 aliphatic carbocycles. The molecule has 0 radical (unpaired) electrons. The number of carbonyl (C=O) groups excluding carboxylic acids is 2. The van der Waals surface area contributed by atoms with Gasteiger partial charge in [0.15, 0.2) is 15.9 Å². The summed E-state index contributed by atoms with van der Waals surface area (Å²) in [4.78, 5) is 39.2. The molecule has 3 heterocycles. The molecule has 1 atom stereocenters. The monoisotopic (exact) mass is 588 g/mol. The molecule has 10 nitrogen and oxygen atoms in total. The molecule has 0 spiro atoms. The van der Waals surface area contributed by atoms with Crippen LogP contribution in [0.1, 0.15) is 27.7 Å². The van der Waals surface area contributed by atoms with Crippen LogP contribution >= 0.6 is 23.1 Å². The van der Waals surface area contributed by atoms with E-state index in [1.807, 2.05) is 0 Å². The second-order valence-electron chi connectivity index (χ2n) is 8.90. The standard InChI is InChI=1S/C28H17FN4O6S2/c29-19-10-3-1-7-17(19)14-40-28-31-30-27(41-28)32-23(16-8-5-9-18(12-16)33(37)38)22(25(35)26(32)36)24(34)21-13-15-6-2-4-11-20(15)39-21/h1-13,23,35H,14H2. The Labute approximate surface area is 238 Å². The lowest BCUT2D eigenvalue weighted by molar-refractivity contribution is -0.384. The SMILES string of the molecule is O=C(C1=C(O)C(=O)N(c2nnc(SCc3ccccc3F)s2)C1c1cccc([N+](=O)[O-])c1)c1cc2ccccc2o1. The normalized spacial score (nSPS) is 15.2. The van der Waals surface area contributed by atoms with Crippen LogP contribution in [0.3, 0.4) is 0 Å². The Morgan fingerprint density at radius 2 is 1.88 bits per heavy atom. The number of Topliss-reactive ketones (excluding diaryl/α,β-unsaturated/α-hetero) is 1. The predicted molar refractivity (Wildman–Crippen MR) is 149 cm³/mol. The second kappa shape index (κ2) is 10.6. The number of fused-ring (bicyclic) bond motifs is 1. The van der Waals surface area contributed by atoms with Gasteiger partial charge in [0.1, 0.15) is 11.4 Å². The smallest absolute Gasteiger partial charge is 0.296 e. The van der Waals surface area contributed by atoms with Crippen LogP contribution in [0.2, 0.25) is 0 Å². The molecule has 0 saturated carbocycles. The zero-order valence-corrected chi connectivity index (χ0v) is 22.4. The first kappa shape index (κ1) is 26.3. The lowest BCUT2D eigenvalue weighted by Gasteiger charge is -2.23. The van der Waals surface area contributed by atoms with Crippen LogP contribution in [0.5, 0.6) is 0 Å². The van der Waals surface area contributed by atoms with Gasteiger partial charge in [0.2, 0.25) is 10.9 Å². The summed E-state index contributed by atoms with van der Waals surface area (Å²) in [6.07, 6.45) is 0. The van der Waals surface area contributed by atoms with Crippen molar-refractivity contribution in [2.45, 2.75) is 16.1 Å². The average Bonchev–Trinajstić information content (AvgIpc) is 3.69. The molecule has 1 aliphatic heterocycles. The molecule has 13 heteroatoms. The number of hydrogen-bond donors (Lipinski definition) is 1. The molecule has 2 aromatic heterocycles. The highest BCUT2D eigenvalue weighted by atomic mass is 32.2. The summed E-state index contributed by atoms with van der Waals surface area (Å²) in [6, 6.07) is 18.9. The number of furan rings is 1. The van der Waals surface area contributed by atoms with Crippen LogP contribution in [0.15, 0.2) is 99.0 Å². The number of benzene rings is 3. The van der Waals surface area contributed by atoms with E-state index in [4.69, 9.17) is 4.42 Å². The van der Waals surface area contributed by atoms with Crippen molar-refractivity contribution in [1.82, 2.24) is 10.2 Å². The molecule has 1 amide bonds. The van der Waals surface area contributed by atoms with E-state index in [1.165, 1.54) is 48.2 Å².